The number of ether oxygens (including phenoxy) is 1. The first kappa shape index (κ1) is 19.2. The Morgan fingerprint density at radius 3 is 2.86 bits per heavy atom. The number of urea groups is 1. The molecule has 0 radical (unpaired) electrons. The van der Waals surface area contributed by atoms with Crippen LogP contribution in [-0.2, 0) is 11.3 Å². The lowest BCUT2D eigenvalue weighted by atomic mass is 10.1. The Kier molecular flexibility index (Phi) is 5.82. The number of hydrogen-bond acceptors (Lipinski definition) is 4. The van der Waals surface area contributed by atoms with Crippen LogP contribution in [0.5, 0.6) is 0 Å². The molecule has 7 nitrogen and oxygen atoms in total. The van der Waals surface area contributed by atoms with Crippen LogP contribution in [0.1, 0.15) is 42.5 Å². The number of nitrogens with one attached hydrogen (secondary N) is 1. The minimum atomic E-state index is -0.0478. The molecule has 0 spiro atoms. The topological polar surface area (TPSA) is 72.3 Å². The van der Waals surface area contributed by atoms with E-state index in [1.165, 1.54) is 0 Å². The first-order valence-corrected chi connectivity index (χ1v) is 10.3. The lowest BCUT2D eigenvalue weighted by Crippen LogP contribution is -2.42. The molecule has 2 aliphatic rings. The van der Waals surface area contributed by atoms with Crippen molar-refractivity contribution in [3.05, 3.63) is 46.5 Å². The van der Waals surface area contributed by atoms with E-state index in [4.69, 9.17) is 16.3 Å². The number of nitrogens with zero attached hydrogens (tertiary/aromatic N) is 4. The maximum atomic E-state index is 12.8. The maximum absolute atomic E-state index is 12.8. The number of halogens is 1. The van der Waals surface area contributed by atoms with Gasteiger partial charge in [-0.1, -0.05) is 23.7 Å². The third kappa shape index (κ3) is 4.15. The van der Waals surface area contributed by atoms with Crippen molar-refractivity contribution in [2.24, 2.45) is 5.92 Å². The molecule has 1 aromatic heterocycles. The predicted molar refractivity (Wildman–Crippen MR) is 106 cm³/mol. The van der Waals surface area contributed by atoms with Gasteiger partial charge in [0.15, 0.2) is 5.82 Å². The Balaban J connectivity index is 1.47. The standard InChI is InChI=1S/C20H26ClN5O2/c1-14-23-24-19(26(14)12-15-4-6-17(21)7-5-15)18-3-2-9-25(18)20(27)22-11-16-8-10-28-13-16/h4-7,16,18H,2-3,8-13H2,1H3,(H,22,27)/t16?,18-/m1/s1. The van der Waals surface area contributed by atoms with Crippen molar-refractivity contribution in [3.8, 4) is 0 Å². The molecule has 3 heterocycles. The Labute approximate surface area is 170 Å². The van der Waals surface area contributed by atoms with Crippen LogP contribution in [-0.4, -0.2) is 52.0 Å². The fraction of sp³-hybridized carbons (Fsp3) is 0.550. The van der Waals surface area contributed by atoms with Gasteiger partial charge >= 0.3 is 6.03 Å². The highest BCUT2D eigenvalue weighted by Crippen LogP contribution is 2.31. The van der Waals surface area contributed by atoms with Crippen molar-refractivity contribution in [2.45, 2.75) is 38.8 Å². The van der Waals surface area contributed by atoms with Gasteiger partial charge in [-0.15, -0.1) is 10.2 Å². The van der Waals surface area contributed by atoms with Crippen LogP contribution in [0.2, 0.25) is 5.02 Å². The zero-order valence-corrected chi connectivity index (χ0v) is 16.9. The monoisotopic (exact) mass is 403 g/mol. The van der Waals surface area contributed by atoms with E-state index < -0.39 is 0 Å². The number of aryl methyl sites for hydroxylation is 1. The number of carbonyl (C=O) groups is 1. The molecular formula is C20H26ClN5O2. The Hall–Kier alpha value is -2.12. The van der Waals surface area contributed by atoms with Gasteiger partial charge in [-0.3, -0.25) is 0 Å². The van der Waals surface area contributed by atoms with E-state index >= 15 is 0 Å². The number of likely N-dealkylation sites (tertiary alicyclic amines) is 1. The quantitative estimate of drug-likeness (QED) is 0.832. The number of rotatable bonds is 5. The molecule has 2 aromatic rings. The van der Waals surface area contributed by atoms with E-state index in [0.717, 1.165) is 61.3 Å². The molecule has 28 heavy (non-hydrogen) atoms. The molecule has 2 amide bonds. The third-order valence-electron chi connectivity index (χ3n) is 5.60. The van der Waals surface area contributed by atoms with Gasteiger partial charge in [-0.2, -0.15) is 0 Å². The lowest BCUT2D eigenvalue weighted by Gasteiger charge is -2.25. The molecule has 1 aromatic carbocycles. The second-order valence-electron chi connectivity index (χ2n) is 7.59. The first-order chi connectivity index (χ1) is 13.6. The first-order valence-electron chi connectivity index (χ1n) is 9.88. The van der Waals surface area contributed by atoms with E-state index in [9.17, 15) is 4.79 Å². The summed E-state index contributed by atoms with van der Waals surface area (Å²) in [5.41, 5.74) is 1.13. The van der Waals surface area contributed by atoms with E-state index in [0.29, 0.717) is 19.0 Å². The zero-order chi connectivity index (χ0) is 19.5. The summed E-state index contributed by atoms with van der Waals surface area (Å²) in [5, 5.41) is 12.5. The van der Waals surface area contributed by atoms with Crippen LogP contribution < -0.4 is 5.32 Å². The molecule has 2 aliphatic heterocycles. The largest absolute Gasteiger partial charge is 0.381 e. The van der Waals surface area contributed by atoms with Gasteiger partial charge in [0.1, 0.15) is 5.82 Å². The molecule has 2 fully saturated rings. The highest BCUT2D eigenvalue weighted by Gasteiger charge is 2.34. The van der Waals surface area contributed by atoms with Crippen LogP contribution in [0.4, 0.5) is 4.79 Å². The summed E-state index contributed by atoms with van der Waals surface area (Å²) >= 11 is 6.00. The van der Waals surface area contributed by atoms with Gasteiger partial charge in [-0.05, 0) is 43.9 Å². The summed E-state index contributed by atoms with van der Waals surface area (Å²) in [4.78, 5) is 14.7. The molecule has 150 valence electrons. The van der Waals surface area contributed by atoms with E-state index in [1.807, 2.05) is 36.1 Å². The summed E-state index contributed by atoms with van der Waals surface area (Å²) in [5.74, 6) is 2.12. The van der Waals surface area contributed by atoms with Gasteiger partial charge in [0.25, 0.3) is 0 Å². The molecule has 1 unspecified atom stereocenters. The average molecular weight is 404 g/mol. The fourth-order valence-electron chi connectivity index (χ4n) is 3.97. The van der Waals surface area contributed by atoms with Crippen LogP contribution in [0.15, 0.2) is 24.3 Å². The number of amides is 2. The van der Waals surface area contributed by atoms with Crippen molar-refractivity contribution in [3.63, 3.8) is 0 Å². The van der Waals surface area contributed by atoms with Crippen LogP contribution in [0.3, 0.4) is 0 Å². The molecular weight excluding hydrogens is 378 g/mol. The normalized spacial score (nSPS) is 22.0. The van der Waals surface area contributed by atoms with Crippen molar-refractivity contribution >= 4 is 17.6 Å². The molecule has 2 atom stereocenters. The van der Waals surface area contributed by atoms with Gasteiger partial charge in [0.05, 0.1) is 19.2 Å². The molecule has 4 rings (SSSR count). The average Bonchev–Trinajstić information content (AvgIpc) is 3.44. The van der Waals surface area contributed by atoms with E-state index in [2.05, 4.69) is 20.1 Å². The van der Waals surface area contributed by atoms with Gasteiger partial charge in [-0.25, -0.2) is 4.79 Å². The number of benzene rings is 1. The highest BCUT2D eigenvalue weighted by molar-refractivity contribution is 6.30. The molecule has 0 saturated carbocycles. The van der Waals surface area contributed by atoms with Crippen LogP contribution in [0.25, 0.3) is 0 Å². The molecule has 2 saturated heterocycles. The summed E-state index contributed by atoms with van der Waals surface area (Å²) in [6.07, 6.45) is 2.88. The smallest absolute Gasteiger partial charge is 0.318 e. The summed E-state index contributed by atoms with van der Waals surface area (Å²) in [7, 11) is 0. The van der Waals surface area contributed by atoms with Crippen molar-refractivity contribution in [1.29, 1.82) is 0 Å². The van der Waals surface area contributed by atoms with Gasteiger partial charge < -0.3 is 19.5 Å². The highest BCUT2D eigenvalue weighted by atomic mass is 35.5. The minimum Gasteiger partial charge on any atom is -0.381 e. The van der Waals surface area contributed by atoms with E-state index in [-0.39, 0.29) is 12.1 Å². The Morgan fingerprint density at radius 2 is 2.11 bits per heavy atom. The van der Waals surface area contributed by atoms with Crippen LogP contribution in [0, 0.1) is 12.8 Å². The summed E-state index contributed by atoms with van der Waals surface area (Å²) in [6.45, 7) is 5.55. The lowest BCUT2D eigenvalue weighted by molar-refractivity contribution is 0.177. The molecule has 8 heteroatoms. The van der Waals surface area contributed by atoms with Crippen molar-refractivity contribution < 1.29 is 9.53 Å². The SMILES string of the molecule is Cc1nnc([C@H]2CCCN2C(=O)NCC2CCOC2)n1Cc1ccc(Cl)cc1. The van der Waals surface area contributed by atoms with Crippen molar-refractivity contribution in [2.75, 3.05) is 26.3 Å². The second kappa shape index (κ2) is 8.49. The molecule has 0 aliphatic carbocycles. The van der Waals surface area contributed by atoms with Gasteiger partial charge in [0.2, 0.25) is 0 Å². The summed E-state index contributed by atoms with van der Waals surface area (Å²) in [6, 6.07) is 7.72. The van der Waals surface area contributed by atoms with Crippen molar-refractivity contribution in [1.82, 2.24) is 25.0 Å². The van der Waals surface area contributed by atoms with Crippen LogP contribution >= 0.6 is 11.6 Å². The molecule has 1 N–H and O–H groups in total. The summed E-state index contributed by atoms with van der Waals surface area (Å²) < 4.78 is 7.49. The minimum absolute atomic E-state index is 0.0203. The number of aromatic nitrogens is 3. The molecule has 0 bridgehead atoms. The van der Waals surface area contributed by atoms with Gasteiger partial charge in [0, 0.05) is 30.6 Å². The number of carbonyl (C=O) groups excluding carboxylic acids is 1. The maximum Gasteiger partial charge on any atom is 0.318 e. The predicted octanol–water partition coefficient (Wildman–Crippen LogP) is 3.17. The second-order valence-corrected chi connectivity index (χ2v) is 8.02. The number of hydrogen-bond donors (Lipinski definition) is 1. The third-order valence-corrected chi connectivity index (χ3v) is 5.85. The zero-order valence-electron chi connectivity index (χ0n) is 16.1. The van der Waals surface area contributed by atoms with E-state index in [1.54, 1.807) is 0 Å². The Morgan fingerprint density at radius 1 is 1.29 bits per heavy atom. The fourth-order valence-corrected chi connectivity index (χ4v) is 4.09. The Bertz CT molecular complexity index is 817.